The van der Waals surface area contributed by atoms with Gasteiger partial charge in [0.05, 0.1) is 0 Å². The predicted octanol–water partition coefficient (Wildman–Crippen LogP) is 2.91. The number of hydrogen-bond donors (Lipinski definition) is 2. The number of phenols is 1. The molecule has 0 radical (unpaired) electrons. The topological polar surface area (TPSA) is 44.6 Å². The van der Waals surface area contributed by atoms with E-state index < -0.39 is 13.7 Å². The van der Waals surface area contributed by atoms with Gasteiger partial charge in [-0.2, -0.15) is 0 Å². The second-order valence-corrected chi connectivity index (χ2v) is 4.51. The summed E-state index contributed by atoms with van der Waals surface area (Å²) in [6.45, 7) is -4.50. The van der Waals surface area contributed by atoms with Crippen LogP contribution in [-0.2, 0) is 0 Å². The van der Waals surface area contributed by atoms with E-state index in [1.165, 1.54) is 11.8 Å². The Hall–Kier alpha value is -1.16. The van der Waals surface area contributed by atoms with E-state index in [0.29, 0.717) is 11.7 Å². The smallest absolute Gasteiger partial charge is 0.161 e. The van der Waals surface area contributed by atoms with Crippen molar-refractivity contribution in [1.82, 2.24) is 0 Å². The van der Waals surface area contributed by atoms with Crippen LogP contribution in [0.2, 0.25) is 0 Å². The van der Waals surface area contributed by atoms with Gasteiger partial charge in [0.15, 0.2) is 5.17 Å². The van der Waals surface area contributed by atoms with Crippen molar-refractivity contribution in [3.63, 3.8) is 0 Å². The zero-order valence-corrected chi connectivity index (χ0v) is 9.40. The third kappa shape index (κ3) is 2.50. The summed E-state index contributed by atoms with van der Waals surface area (Å²) in [4.78, 5) is 4.23. The SMILES string of the molecule is [2H]C([2H])([2H])c1cc(O)cc(C([2H])([2H])[2H])c1NC1=NCCCS1. The van der Waals surface area contributed by atoms with Gasteiger partial charge in [0.1, 0.15) is 5.75 Å². The molecule has 0 saturated carbocycles. The molecular formula is C12H16N2OS. The largest absolute Gasteiger partial charge is 0.508 e. The lowest BCUT2D eigenvalue weighted by Gasteiger charge is -2.17. The molecular weight excluding hydrogens is 220 g/mol. The number of benzene rings is 1. The van der Waals surface area contributed by atoms with Crippen LogP contribution in [0, 0.1) is 13.7 Å². The van der Waals surface area contributed by atoms with E-state index >= 15 is 0 Å². The summed E-state index contributed by atoms with van der Waals surface area (Å²) < 4.78 is 45.5. The number of phenolic OH excluding ortho intramolecular Hbond substituents is 1. The van der Waals surface area contributed by atoms with Crippen LogP contribution in [0.1, 0.15) is 25.8 Å². The van der Waals surface area contributed by atoms with Crippen molar-refractivity contribution in [2.45, 2.75) is 20.1 Å². The zero-order chi connectivity index (χ0) is 16.5. The minimum Gasteiger partial charge on any atom is -0.508 e. The molecule has 1 aliphatic rings. The summed E-state index contributed by atoms with van der Waals surface area (Å²) in [6, 6.07) is 2.14. The lowest BCUT2D eigenvalue weighted by molar-refractivity contribution is 0.474. The molecule has 0 fully saturated rings. The number of anilines is 1. The second-order valence-electron chi connectivity index (χ2n) is 3.43. The molecule has 4 heteroatoms. The number of amidine groups is 1. The molecule has 2 N–H and O–H groups in total. The number of hydrogen-bond acceptors (Lipinski definition) is 4. The second kappa shape index (κ2) is 4.78. The molecule has 0 amide bonds. The Morgan fingerprint density at radius 1 is 1.44 bits per heavy atom. The Morgan fingerprint density at radius 3 is 2.75 bits per heavy atom. The lowest BCUT2D eigenvalue weighted by Crippen LogP contribution is -2.14. The maximum Gasteiger partial charge on any atom is 0.161 e. The standard InChI is InChI=1S/C12H16N2OS/c1-8-6-10(15)7-9(2)11(8)14-12-13-4-3-5-16-12/h6-7,15H,3-5H2,1-2H3,(H,13,14)/i1D3,2D3. The minimum absolute atomic E-state index is 0.0223. The monoisotopic (exact) mass is 242 g/mol. The molecule has 1 aliphatic heterocycles. The fourth-order valence-corrected chi connectivity index (χ4v) is 2.23. The van der Waals surface area contributed by atoms with E-state index in [-0.39, 0.29) is 22.6 Å². The van der Waals surface area contributed by atoms with Gasteiger partial charge in [0.25, 0.3) is 0 Å². The van der Waals surface area contributed by atoms with Gasteiger partial charge in [-0.25, -0.2) is 0 Å². The Kier molecular flexibility index (Phi) is 1.78. The van der Waals surface area contributed by atoms with Gasteiger partial charge in [0.2, 0.25) is 0 Å². The van der Waals surface area contributed by atoms with Gasteiger partial charge < -0.3 is 10.4 Å². The van der Waals surface area contributed by atoms with Crippen molar-refractivity contribution in [2.24, 2.45) is 4.99 Å². The van der Waals surface area contributed by atoms with Crippen LogP contribution in [0.15, 0.2) is 17.1 Å². The molecule has 0 unspecified atom stereocenters. The van der Waals surface area contributed by atoms with Crippen LogP contribution in [0.4, 0.5) is 5.69 Å². The van der Waals surface area contributed by atoms with Gasteiger partial charge in [0, 0.05) is 26.2 Å². The van der Waals surface area contributed by atoms with Gasteiger partial charge in [-0.05, 0) is 43.4 Å². The molecule has 0 aliphatic carbocycles. The zero-order valence-electron chi connectivity index (χ0n) is 14.6. The van der Waals surface area contributed by atoms with E-state index in [1.807, 2.05) is 0 Å². The van der Waals surface area contributed by atoms with Crippen molar-refractivity contribution in [3.05, 3.63) is 23.3 Å². The van der Waals surface area contributed by atoms with Crippen LogP contribution in [0.5, 0.6) is 5.75 Å². The number of nitrogens with one attached hydrogen (secondary N) is 1. The van der Waals surface area contributed by atoms with Crippen LogP contribution in [-0.4, -0.2) is 22.6 Å². The molecule has 0 atom stereocenters. The van der Waals surface area contributed by atoms with E-state index in [2.05, 4.69) is 10.3 Å². The molecule has 2 rings (SSSR count). The highest BCUT2D eigenvalue weighted by atomic mass is 32.2. The summed E-state index contributed by atoms with van der Waals surface area (Å²) in [5.41, 5.74) is -0.481. The minimum atomic E-state index is -2.55. The van der Waals surface area contributed by atoms with Crippen molar-refractivity contribution in [2.75, 3.05) is 17.6 Å². The molecule has 1 heterocycles. The van der Waals surface area contributed by atoms with E-state index in [9.17, 15) is 5.11 Å². The maximum absolute atomic E-state index is 9.69. The molecule has 0 bridgehead atoms. The Balaban J connectivity index is 2.58. The first-order valence-electron chi connectivity index (χ1n) is 7.91. The highest BCUT2D eigenvalue weighted by Gasteiger charge is 2.10. The quantitative estimate of drug-likeness (QED) is 0.744. The van der Waals surface area contributed by atoms with Crippen LogP contribution < -0.4 is 5.32 Å². The molecule has 86 valence electrons. The maximum atomic E-state index is 9.69. The fraction of sp³-hybridized carbons (Fsp3) is 0.417. The average Bonchev–Trinajstić information content (AvgIpc) is 2.39. The van der Waals surface area contributed by atoms with Gasteiger partial charge in [-0.15, -0.1) is 0 Å². The van der Waals surface area contributed by atoms with Crippen LogP contribution >= 0.6 is 11.8 Å². The molecule has 16 heavy (non-hydrogen) atoms. The fourth-order valence-electron chi connectivity index (χ4n) is 1.40. The van der Waals surface area contributed by atoms with Gasteiger partial charge in [-0.1, -0.05) is 11.8 Å². The lowest BCUT2D eigenvalue weighted by atomic mass is 10.1. The first-order chi connectivity index (χ1) is 10.1. The summed E-state index contributed by atoms with van der Waals surface area (Å²) in [5.74, 6) is 0.442. The highest BCUT2D eigenvalue weighted by molar-refractivity contribution is 8.14. The third-order valence-electron chi connectivity index (χ3n) is 2.15. The van der Waals surface area contributed by atoms with Crippen molar-refractivity contribution in [1.29, 1.82) is 0 Å². The Labute approximate surface area is 108 Å². The molecule has 0 aromatic heterocycles. The molecule has 0 spiro atoms. The summed E-state index contributed by atoms with van der Waals surface area (Å²) >= 11 is 1.41. The summed E-state index contributed by atoms with van der Waals surface area (Å²) in [7, 11) is 0. The number of aryl methyl sites for hydroxylation is 2. The van der Waals surface area contributed by atoms with Gasteiger partial charge in [-0.3, -0.25) is 4.99 Å². The molecule has 1 aromatic carbocycles. The van der Waals surface area contributed by atoms with Gasteiger partial charge >= 0.3 is 0 Å². The number of nitrogens with zero attached hydrogens (tertiary/aromatic N) is 1. The molecule has 1 aromatic rings. The van der Waals surface area contributed by atoms with E-state index in [0.717, 1.165) is 24.3 Å². The first kappa shape index (κ1) is 5.96. The first-order valence-corrected chi connectivity index (χ1v) is 5.90. The van der Waals surface area contributed by atoms with Crippen LogP contribution in [0.3, 0.4) is 0 Å². The Morgan fingerprint density at radius 2 is 2.19 bits per heavy atom. The normalized spacial score (nSPS) is 22.9. The molecule has 3 nitrogen and oxygen atoms in total. The number of aromatic hydroxyl groups is 1. The number of rotatable bonds is 1. The van der Waals surface area contributed by atoms with E-state index in [1.54, 1.807) is 0 Å². The van der Waals surface area contributed by atoms with Crippen LogP contribution in [0.25, 0.3) is 0 Å². The average molecular weight is 242 g/mol. The molecule has 0 saturated heterocycles. The predicted molar refractivity (Wildman–Crippen MR) is 70.6 cm³/mol. The highest BCUT2D eigenvalue weighted by Crippen LogP contribution is 2.27. The van der Waals surface area contributed by atoms with Crippen molar-refractivity contribution in [3.8, 4) is 5.75 Å². The van der Waals surface area contributed by atoms with Crippen molar-refractivity contribution < 1.29 is 13.3 Å². The third-order valence-corrected chi connectivity index (χ3v) is 3.15. The number of aliphatic imine (C=N–C) groups is 1. The number of thioether (sulfide) groups is 1. The van der Waals surface area contributed by atoms with Crippen molar-refractivity contribution >= 4 is 22.6 Å². The summed E-state index contributed by atoms with van der Waals surface area (Å²) in [6.07, 6.45) is 0.920. The summed E-state index contributed by atoms with van der Waals surface area (Å²) in [5, 5.41) is 13.0. The Bertz CT molecular complexity index is 561. The van der Waals surface area contributed by atoms with E-state index in [4.69, 9.17) is 8.22 Å².